The van der Waals surface area contributed by atoms with Crippen molar-refractivity contribution in [2.45, 2.75) is 12.5 Å². The number of esters is 1. The van der Waals surface area contributed by atoms with Crippen molar-refractivity contribution in [1.29, 1.82) is 0 Å². The van der Waals surface area contributed by atoms with Crippen molar-refractivity contribution < 1.29 is 47.6 Å². The van der Waals surface area contributed by atoms with Crippen molar-refractivity contribution in [2.24, 2.45) is 0 Å². The van der Waals surface area contributed by atoms with Gasteiger partial charge in [-0.05, 0) is 65.7 Å². The van der Waals surface area contributed by atoms with Gasteiger partial charge in [-0.3, -0.25) is 19.4 Å². The Balaban J connectivity index is 1.23. The highest BCUT2D eigenvalue weighted by Crippen LogP contribution is 2.36. The van der Waals surface area contributed by atoms with Crippen molar-refractivity contribution in [3.8, 4) is 16.9 Å². The first kappa shape index (κ1) is 37.0. The molecule has 2 amide bonds. The molecule has 3 N–H and O–H groups in total. The summed E-state index contributed by atoms with van der Waals surface area (Å²) in [4.78, 5) is 42.2. The SMILES string of the molecule is O=C(CCN1C(=O)C(=Cc2cc(-c3ccc(F)c(F)c3)ccc2OCCN2CCOCC2)SC1=S)Nc1ccc(C(=O)OCC(O)CO)cc1. The molecular formula is C35H35F2N3O8S2. The van der Waals surface area contributed by atoms with E-state index in [2.05, 4.69) is 10.2 Å². The largest absolute Gasteiger partial charge is 0.492 e. The van der Waals surface area contributed by atoms with Crippen molar-refractivity contribution in [3.05, 3.63) is 88.3 Å². The van der Waals surface area contributed by atoms with E-state index in [1.165, 1.54) is 35.2 Å². The predicted octanol–water partition coefficient (Wildman–Crippen LogP) is 4.08. The molecule has 2 heterocycles. The minimum Gasteiger partial charge on any atom is -0.492 e. The van der Waals surface area contributed by atoms with Crippen LogP contribution >= 0.6 is 24.0 Å². The number of thiocarbonyl (C=S) groups is 1. The molecule has 0 bridgehead atoms. The third-order valence-electron chi connectivity index (χ3n) is 7.78. The fourth-order valence-corrected chi connectivity index (χ4v) is 6.33. The van der Waals surface area contributed by atoms with Gasteiger partial charge < -0.3 is 29.7 Å². The fraction of sp³-hybridized carbons (Fsp3) is 0.314. The van der Waals surface area contributed by atoms with E-state index >= 15 is 0 Å². The van der Waals surface area contributed by atoms with Gasteiger partial charge >= 0.3 is 5.97 Å². The molecule has 0 aromatic heterocycles. The van der Waals surface area contributed by atoms with E-state index in [1.807, 2.05) is 0 Å². The van der Waals surface area contributed by atoms with Crippen molar-refractivity contribution >= 4 is 57.8 Å². The number of anilines is 1. The average Bonchev–Trinajstić information content (AvgIpc) is 3.39. The number of rotatable bonds is 14. The maximum absolute atomic E-state index is 14.1. The van der Waals surface area contributed by atoms with E-state index in [-0.39, 0.29) is 41.3 Å². The van der Waals surface area contributed by atoms with Crippen LogP contribution in [0.25, 0.3) is 17.2 Å². The van der Waals surface area contributed by atoms with E-state index in [4.69, 9.17) is 31.5 Å². The van der Waals surface area contributed by atoms with E-state index in [1.54, 1.807) is 24.3 Å². The maximum Gasteiger partial charge on any atom is 0.338 e. The Bertz CT molecular complexity index is 1750. The molecule has 3 aromatic carbocycles. The molecule has 0 aliphatic carbocycles. The number of hydrogen-bond acceptors (Lipinski definition) is 11. The van der Waals surface area contributed by atoms with Gasteiger partial charge in [-0.25, -0.2) is 13.6 Å². The number of thioether (sulfide) groups is 1. The number of halogens is 2. The number of carbonyl (C=O) groups excluding carboxylic acids is 3. The van der Waals surface area contributed by atoms with Crippen LogP contribution in [0.1, 0.15) is 22.3 Å². The van der Waals surface area contributed by atoms with Gasteiger partial charge in [0, 0.05) is 43.9 Å². The van der Waals surface area contributed by atoms with Crippen LogP contribution in [0, 0.1) is 11.6 Å². The zero-order chi connectivity index (χ0) is 35.6. The van der Waals surface area contributed by atoms with E-state index in [0.29, 0.717) is 59.4 Å². The molecule has 3 aromatic rings. The van der Waals surface area contributed by atoms with E-state index in [0.717, 1.165) is 37.0 Å². The monoisotopic (exact) mass is 727 g/mol. The lowest BCUT2D eigenvalue weighted by molar-refractivity contribution is -0.122. The molecule has 2 saturated heterocycles. The minimum absolute atomic E-state index is 0.0171. The van der Waals surface area contributed by atoms with Gasteiger partial charge in [-0.2, -0.15) is 0 Å². The maximum atomic E-state index is 14.1. The molecule has 2 fully saturated rings. The number of nitrogens with zero attached hydrogens (tertiary/aromatic N) is 2. The Hall–Kier alpha value is -4.25. The highest BCUT2D eigenvalue weighted by molar-refractivity contribution is 8.26. The summed E-state index contributed by atoms with van der Waals surface area (Å²) >= 11 is 6.56. The van der Waals surface area contributed by atoms with Crippen LogP contribution in [0.5, 0.6) is 5.75 Å². The fourth-order valence-electron chi connectivity index (χ4n) is 5.03. The first-order valence-electron chi connectivity index (χ1n) is 15.7. The predicted molar refractivity (Wildman–Crippen MR) is 187 cm³/mol. The second-order valence-electron chi connectivity index (χ2n) is 11.3. The summed E-state index contributed by atoms with van der Waals surface area (Å²) in [5.41, 5.74) is 2.19. The van der Waals surface area contributed by atoms with Gasteiger partial charge in [0.15, 0.2) is 11.6 Å². The molecule has 0 saturated carbocycles. The summed E-state index contributed by atoms with van der Waals surface area (Å²) in [5.74, 6) is -2.91. The topological polar surface area (TPSA) is 138 Å². The first-order valence-corrected chi connectivity index (χ1v) is 17.0. The van der Waals surface area contributed by atoms with Crippen LogP contribution < -0.4 is 10.1 Å². The third-order valence-corrected chi connectivity index (χ3v) is 9.15. The Morgan fingerprint density at radius 1 is 1.02 bits per heavy atom. The Labute approximate surface area is 296 Å². The van der Waals surface area contributed by atoms with Crippen molar-refractivity contribution in [2.75, 3.05) is 64.5 Å². The summed E-state index contributed by atoms with van der Waals surface area (Å²) in [6, 6.07) is 14.7. The van der Waals surface area contributed by atoms with Crippen LogP contribution in [-0.4, -0.2) is 107 Å². The van der Waals surface area contributed by atoms with Gasteiger partial charge in [0.05, 0.1) is 30.3 Å². The zero-order valence-electron chi connectivity index (χ0n) is 26.8. The molecule has 15 heteroatoms. The number of aliphatic hydroxyl groups excluding tert-OH is 2. The Kier molecular flexibility index (Phi) is 13.0. The number of amides is 2. The molecule has 5 rings (SSSR count). The van der Waals surface area contributed by atoms with Gasteiger partial charge in [0.25, 0.3) is 5.91 Å². The molecule has 11 nitrogen and oxygen atoms in total. The van der Waals surface area contributed by atoms with Gasteiger partial charge in [0.2, 0.25) is 5.91 Å². The van der Waals surface area contributed by atoms with Crippen molar-refractivity contribution in [1.82, 2.24) is 9.80 Å². The van der Waals surface area contributed by atoms with E-state index in [9.17, 15) is 28.3 Å². The lowest BCUT2D eigenvalue weighted by Crippen LogP contribution is -2.38. The number of nitrogens with one attached hydrogen (secondary N) is 1. The van der Waals surface area contributed by atoms with Crippen LogP contribution in [0.2, 0.25) is 0 Å². The Morgan fingerprint density at radius 3 is 2.46 bits per heavy atom. The highest BCUT2D eigenvalue weighted by Gasteiger charge is 2.32. The van der Waals surface area contributed by atoms with Crippen LogP contribution in [0.15, 0.2) is 65.6 Å². The number of ether oxygens (including phenoxy) is 3. The molecule has 50 heavy (non-hydrogen) atoms. The third kappa shape index (κ3) is 9.93. The molecule has 0 radical (unpaired) electrons. The second-order valence-corrected chi connectivity index (χ2v) is 13.0. The zero-order valence-corrected chi connectivity index (χ0v) is 28.4. The number of carbonyl (C=O) groups is 3. The number of benzene rings is 3. The molecule has 264 valence electrons. The summed E-state index contributed by atoms with van der Waals surface area (Å²) in [7, 11) is 0. The van der Waals surface area contributed by atoms with Crippen molar-refractivity contribution in [3.63, 3.8) is 0 Å². The summed E-state index contributed by atoms with van der Waals surface area (Å²) < 4.78 is 44.4. The number of aliphatic hydroxyl groups is 2. The standard InChI is InChI=1S/C35H35F2N3O8S2/c36-28-7-3-24(18-29(28)37)23-4-8-30(47-16-13-39-11-14-46-15-12-39)25(17-23)19-31-33(44)40(35(49)50-31)10-9-32(43)38-26-5-1-22(2-6-26)34(45)48-21-27(42)20-41/h1-8,17-19,27,41-42H,9-16,20-21H2,(H,38,43). The summed E-state index contributed by atoms with van der Waals surface area (Å²) in [6.07, 6.45) is 0.403. The first-order chi connectivity index (χ1) is 24.1. The molecular weight excluding hydrogens is 693 g/mol. The molecule has 1 atom stereocenters. The molecule has 2 aliphatic heterocycles. The van der Waals surface area contributed by atoms with Gasteiger partial charge in [0.1, 0.15) is 29.4 Å². The quantitative estimate of drug-likeness (QED) is 0.126. The number of hydrogen-bond donors (Lipinski definition) is 3. The minimum atomic E-state index is -1.17. The summed E-state index contributed by atoms with van der Waals surface area (Å²) in [6.45, 7) is 3.09. The van der Waals surface area contributed by atoms with Gasteiger partial charge in [-0.1, -0.05) is 36.1 Å². The lowest BCUT2D eigenvalue weighted by atomic mass is 10.0. The molecule has 2 aliphatic rings. The second kappa shape index (κ2) is 17.6. The Morgan fingerprint density at radius 2 is 1.74 bits per heavy atom. The van der Waals surface area contributed by atoms with Crippen LogP contribution in [0.4, 0.5) is 14.5 Å². The molecule has 0 spiro atoms. The van der Waals surface area contributed by atoms with Gasteiger partial charge in [-0.15, -0.1) is 0 Å². The normalized spacial score (nSPS) is 16.5. The lowest BCUT2D eigenvalue weighted by Gasteiger charge is -2.26. The smallest absolute Gasteiger partial charge is 0.338 e. The van der Waals surface area contributed by atoms with Crippen LogP contribution in [-0.2, 0) is 19.1 Å². The number of morpholine rings is 1. The molecule has 1 unspecified atom stereocenters. The van der Waals surface area contributed by atoms with Crippen LogP contribution in [0.3, 0.4) is 0 Å². The average molecular weight is 728 g/mol. The van der Waals surface area contributed by atoms with E-state index < -0.39 is 30.3 Å². The highest BCUT2D eigenvalue weighted by atomic mass is 32.2. The summed E-state index contributed by atoms with van der Waals surface area (Å²) in [5, 5.41) is 20.9.